The Morgan fingerprint density at radius 2 is 1.40 bits per heavy atom. The molecule has 0 unspecified atom stereocenters. The van der Waals surface area contributed by atoms with E-state index in [0.717, 1.165) is 5.69 Å². The number of nitrogens with one attached hydrogen (secondary N) is 1. The molecule has 0 saturated carbocycles. The standard InChI is InChI=1S/C9H10N.C6H6N.2ClH.Zr/c1-2-8-10-9-6-4-3-5-7-9;7-6-4-2-1-3-5-6;;;/h2-8H,1H3;1-5,7H;2*1H;/q2*-1;;;+4/p-2/b8-2+;;;;. The van der Waals surface area contributed by atoms with E-state index in [0.29, 0.717) is 5.69 Å². The summed E-state index contributed by atoms with van der Waals surface area (Å²) < 4.78 is 0. The minimum Gasteiger partial charge on any atom is -0.699 e. The Bertz CT molecular complexity index is 450. The van der Waals surface area contributed by atoms with E-state index in [9.17, 15) is 0 Å². The van der Waals surface area contributed by atoms with Crippen LogP contribution in [0.2, 0.25) is 0 Å². The van der Waals surface area contributed by atoms with Gasteiger partial charge in [-0.25, -0.2) is 0 Å². The summed E-state index contributed by atoms with van der Waals surface area (Å²) in [5.41, 5.74) is 8.57. The Balaban J connectivity index is 0.000000315. The summed E-state index contributed by atoms with van der Waals surface area (Å²) in [5, 5.41) is 4.14. The molecule has 20 heavy (non-hydrogen) atoms. The number of hydrogen-bond donors (Lipinski definition) is 0. The molecule has 2 aromatic rings. The monoisotopic (exact) mass is 384 g/mol. The molecule has 0 aliphatic rings. The zero-order valence-electron chi connectivity index (χ0n) is 11.1. The van der Waals surface area contributed by atoms with Crippen LogP contribution in [-0.2, 0) is 20.8 Å². The van der Waals surface area contributed by atoms with Crippen molar-refractivity contribution in [1.82, 2.24) is 0 Å². The van der Waals surface area contributed by atoms with E-state index >= 15 is 0 Å². The van der Waals surface area contributed by atoms with Crippen LogP contribution in [0.15, 0.2) is 72.9 Å². The van der Waals surface area contributed by atoms with Crippen LogP contribution in [0.3, 0.4) is 0 Å². The van der Waals surface area contributed by atoms with Crippen LogP contribution >= 0.6 is 17.0 Å². The van der Waals surface area contributed by atoms with Crippen LogP contribution in [-0.4, -0.2) is 0 Å². The van der Waals surface area contributed by atoms with Gasteiger partial charge < -0.3 is 11.1 Å². The first-order chi connectivity index (χ1) is 9.74. The quantitative estimate of drug-likeness (QED) is 0.534. The zero-order valence-corrected chi connectivity index (χ0v) is 15.1. The SMILES string of the molecule is C/C=C/[N-]c1ccccc1.[Cl][Zr+2][Cl].[NH-]c1ccccc1. The predicted molar refractivity (Wildman–Crippen MR) is 86.4 cm³/mol. The van der Waals surface area contributed by atoms with Crippen molar-refractivity contribution in [2.75, 3.05) is 0 Å². The zero-order chi connectivity index (χ0) is 15.1. The Hall–Kier alpha value is -0.757. The molecule has 2 aromatic carbocycles. The van der Waals surface area contributed by atoms with E-state index in [1.807, 2.05) is 61.5 Å². The summed E-state index contributed by atoms with van der Waals surface area (Å²) in [6.07, 6.45) is 3.70. The number of benzene rings is 2. The second kappa shape index (κ2) is 14.6. The molecule has 0 aliphatic heterocycles. The number of para-hydroxylation sites is 1. The molecule has 0 amide bonds. The predicted octanol–water partition coefficient (Wildman–Crippen LogP) is 6.97. The van der Waals surface area contributed by atoms with Crippen LogP contribution in [0, 0.1) is 0 Å². The molecule has 104 valence electrons. The van der Waals surface area contributed by atoms with Crippen molar-refractivity contribution < 1.29 is 20.8 Å². The van der Waals surface area contributed by atoms with Crippen molar-refractivity contribution in [2.45, 2.75) is 6.92 Å². The van der Waals surface area contributed by atoms with Crippen molar-refractivity contribution in [3.8, 4) is 0 Å². The van der Waals surface area contributed by atoms with Gasteiger partial charge in [0.2, 0.25) is 0 Å². The third kappa shape index (κ3) is 12.3. The summed E-state index contributed by atoms with van der Waals surface area (Å²) in [6.45, 7) is 1.95. The third-order valence-corrected chi connectivity index (χ3v) is 1.90. The van der Waals surface area contributed by atoms with Crippen LogP contribution in [0.25, 0.3) is 11.1 Å². The van der Waals surface area contributed by atoms with Gasteiger partial charge in [-0.3, -0.25) is 0 Å². The molecule has 0 spiro atoms. The molecular formula is C15H16Cl2N2Zr. The summed E-state index contributed by atoms with van der Waals surface area (Å²) in [6, 6.07) is 19.0. The smallest absolute Gasteiger partial charge is 0.0624 e. The van der Waals surface area contributed by atoms with Crippen molar-refractivity contribution in [2.24, 2.45) is 0 Å². The van der Waals surface area contributed by atoms with Gasteiger partial charge in [0.25, 0.3) is 0 Å². The van der Waals surface area contributed by atoms with Gasteiger partial charge in [0.15, 0.2) is 0 Å². The average Bonchev–Trinajstić information content (AvgIpc) is 2.48. The van der Waals surface area contributed by atoms with Crippen LogP contribution < -0.4 is 0 Å². The summed E-state index contributed by atoms with van der Waals surface area (Å²) in [7, 11) is 9.87. The fourth-order valence-corrected chi connectivity index (χ4v) is 1.11. The Morgan fingerprint density at radius 1 is 0.950 bits per heavy atom. The van der Waals surface area contributed by atoms with E-state index in [2.05, 4.69) is 5.32 Å². The first-order valence-electron chi connectivity index (χ1n) is 5.84. The van der Waals surface area contributed by atoms with Gasteiger partial charge in [-0.2, -0.15) is 6.20 Å². The molecular weight excluding hydrogens is 370 g/mol. The maximum atomic E-state index is 7.00. The van der Waals surface area contributed by atoms with Gasteiger partial charge in [-0.05, 0) is 6.92 Å². The van der Waals surface area contributed by atoms with Crippen LogP contribution in [0.1, 0.15) is 6.92 Å². The minimum atomic E-state index is -0.826. The van der Waals surface area contributed by atoms with Crippen molar-refractivity contribution in [1.29, 1.82) is 0 Å². The molecule has 0 fully saturated rings. The summed E-state index contributed by atoms with van der Waals surface area (Å²) >= 11 is -0.826. The summed E-state index contributed by atoms with van der Waals surface area (Å²) in [4.78, 5) is 0. The molecule has 5 heteroatoms. The van der Waals surface area contributed by atoms with Gasteiger partial charge >= 0.3 is 37.9 Å². The molecule has 0 heterocycles. The first kappa shape index (κ1) is 19.2. The number of allylic oxidation sites excluding steroid dienone is 1. The first-order valence-corrected chi connectivity index (χ1v) is 12.2. The molecule has 0 aliphatic carbocycles. The molecule has 0 aromatic heterocycles. The maximum absolute atomic E-state index is 7.00. The normalized spacial score (nSPS) is 8.55. The van der Waals surface area contributed by atoms with Crippen LogP contribution in [0.4, 0.5) is 11.4 Å². The molecule has 0 atom stereocenters. The second-order valence-electron chi connectivity index (χ2n) is 3.38. The largest absolute Gasteiger partial charge is 0.699 e. The van der Waals surface area contributed by atoms with Gasteiger partial charge in [0.05, 0.1) is 0 Å². The van der Waals surface area contributed by atoms with E-state index in [4.69, 9.17) is 22.8 Å². The third-order valence-electron chi connectivity index (χ3n) is 1.90. The Morgan fingerprint density at radius 3 is 1.75 bits per heavy atom. The molecule has 1 N–H and O–H groups in total. The van der Waals surface area contributed by atoms with Gasteiger partial charge in [0, 0.05) is 0 Å². The molecule has 0 radical (unpaired) electrons. The van der Waals surface area contributed by atoms with E-state index in [1.54, 1.807) is 18.3 Å². The fourth-order valence-electron chi connectivity index (χ4n) is 1.11. The Labute approximate surface area is 139 Å². The van der Waals surface area contributed by atoms with E-state index in [-0.39, 0.29) is 0 Å². The molecule has 0 bridgehead atoms. The van der Waals surface area contributed by atoms with Crippen molar-refractivity contribution in [3.05, 3.63) is 84.0 Å². The van der Waals surface area contributed by atoms with Crippen LogP contribution in [0.5, 0.6) is 0 Å². The number of halogens is 2. The summed E-state index contributed by atoms with van der Waals surface area (Å²) in [5.74, 6) is 0. The second-order valence-corrected chi connectivity index (χ2v) is 7.12. The van der Waals surface area contributed by atoms with E-state index < -0.39 is 20.8 Å². The number of hydrogen-bond acceptors (Lipinski definition) is 0. The molecule has 2 rings (SSSR count). The topological polar surface area (TPSA) is 37.9 Å². The molecule has 2 nitrogen and oxygen atoms in total. The Kier molecular flexibility index (Phi) is 14.1. The molecule has 0 saturated heterocycles. The van der Waals surface area contributed by atoms with Crippen molar-refractivity contribution >= 4 is 28.4 Å². The van der Waals surface area contributed by atoms with Gasteiger partial charge in [-0.15, -0.1) is 17.5 Å². The minimum absolute atomic E-state index is 0.572. The number of nitrogens with zero attached hydrogens (tertiary/aromatic N) is 1. The number of rotatable bonds is 2. The van der Waals surface area contributed by atoms with E-state index in [1.165, 1.54) is 0 Å². The van der Waals surface area contributed by atoms with Gasteiger partial charge in [-0.1, -0.05) is 60.7 Å². The average molecular weight is 386 g/mol. The fraction of sp³-hybridized carbons (Fsp3) is 0.0667. The maximum Gasteiger partial charge on any atom is -0.0624 e. The van der Waals surface area contributed by atoms with Gasteiger partial charge in [0.1, 0.15) is 0 Å². The van der Waals surface area contributed by atoms with Crippen molar-refractivity contribution in [3.63, 3.8) is 0 Å².